The lowest BCUT2D eigenvalue weighted by molar-refractivity contribution is 0.157. The Balaban J connectivity index is 1.91. The summed E-state index contributed by atoms with van der Waals surface area (Å²) in [6.45, 7) is 5.48. The third kappa shape index (κ3) is 2.18. The molecule has 102 valence electrons. The molecule has 1 aliphatic rings. The summed E-state index contributed by atoms with van der Waals surface area (Å²) in [5, 5.41) is 0. The van der Waals surface area contributed by atoms with Crippen molar-refractivity contribution in [1.29, 1.82) is 0 Å². The molecule has 3 rings (SSSR count). The van der Waals surface area contributed by atoms with Crippen LogP contribution >= 0.6 is 0 Å². The number of rotatable bonds is 2. The van der Waals surface area contributed by atoms with Gasteiger partial charge in [-0.3, -0.25) is 0 Å². The van der Waals surface area contributed by atoms with Gasteiger partial charge in [0, 0.05) is 36.7 Å². The normalized spacial score (nSPS) is 24.8. The fourth-order valence-corrected chi connectivity index (χ4v) is 2.89. The van der Waals surface area contributed by atoms with E-state index in [0.29, 0.717) is 12.1 Å². The van der Waals surface area contributed by atoms with E-state index in [9.17, 15) is 0 Å². The van der Waals surface area contributed by atoms with Crippen LogP contribution in [-0.2, 0) is 0 Å². The Kier molecular flexibility index (Phi) is 3.14. The zero-order chi connectivity index (χ0) is 13.4. The minimum absolute atomic E-state index is 0.528. The second-order valence-electron chi connectivity index (χ2n) is 5.54. The van der Waals surface area contributed by atoms with Gasteiger partial charge in [-0.1, -0.05) is 0 Å². The summed E-state index contributed by atoms with van der Waals surface area (Å²) < 4.78 is 2.30. The number of H-pyrrole nitrogens is 1. The molecule has 1 aliphatic heterocycles. The first kappa shape index (κ1) is 12.4. The quantitative estimate of drug-likeness (QED) is 0.899. The highest BCUT2D eigenvalue weighted by atomic mass is 15.2. The monoisotopic (exact) mass is 259 g/mol. The van der Waals surface area contributed by atoms with Crippen molar-refractivity contribution in [2.24, 2.45) is 0 Å². The summed E-state index contributed by atoms with van der Waals surface area (Å²) in [4.78, 5) is 14.5. The van der Waals surface area contributed by atoms with E-state index < -0.39 is 0 Å². The lowest BCUT2D eigenvalue weighted by atomic mass is 9.98. The number of nitrogens with one attached hydrogen (secondary N) is 1. The maximum atomic E-state index is 4.51. The van der Waals surface area contributed by atoms with Crippen molar-refractivity contribution >= 4 is 0 Å². The van der Waals surface area contributed by atoms with Gasteiger partial charge in [0.2, 0.25) is 0 Å². The van der Waals surface area contributed by atoms with Gasteiger partial charge in [-0.15, -0.1) is 0 Å². The number of nitrogens with zero attached hydrogens (tertiary/aromatic N) is 4. The van der Waals surface area contributed by atoms with Crippen LogP contribution < -0.4 is 0 Å². The molecule has 2 aromatic heterocycles. The molecule has 2 atom stereocenters. The van der Waals surface area contributed by atoms with Crippen LogP contribution in [-0.4, -0.2) is 44.1 Å². The molecule has 2 aromatic rings. The van der Waals surface area contributed by atoms with Crippen LogP contribution in [0.5, 0.6) is 0 Å². The third-order valence-electron chi connectivity index (χ3n) is 4.28. The van der Waals surface area contributed by atoms with Crippen molar-refractivity contribution in [3.8, 4) is 11.5 Å². The molecular weight excluding hydrogens is 238 g/mol. The molecule has 0 spiro atoms. The lowest BCUT2D eigenvalue weighted by Gasteiger charge is -2.36. The smallest absolute Gasteiger partial charge is 0.160 e. The summed E-state index contributed by atoms with van der Waals surface area (Å²) in [6.07, 6.45) is 8.05. The van der Waals surface area contributed by atoms with Crippen LogP contribution in [0.2, 0.25) is 0 Å². The van der Waals surface area contributed by atoms with Gasteiger partial charge in [0.15, 0.2) is 5.82 Å². The second-order valence-corrected chi connectivity index (χ2v) is 5.54. The Labute approximate surface area is 113 Å². The number of hydrogen-bond acceptors (Lipinski definition) is 3. The standard InChI is InChI=1S/C14H21N5/c1-10-8-12(4-6-18(10)3)19-7-5-15-14(19)13-11(2)16-9-17-13/h5,7,9-10,12H,4,6,8H2,1-3H3,(H,16,17)/t10-,12-/m1/s1. The molecule has 5 nitrogen and oxygen atoms in total. The average Bonchev–Trinajstić information content (AvgIpc) is 3.00. The molecule has 0 bridgehead atoms. The fourth-order valence-electron chi connectivity index (χ4n) is 2.89. The number of imidazole rings is 2. The highest BCUT2D eigenvalue weighted by molar-refractivity contribution is 5.53. The Bertz CT molecular complexity index is 556. The number of piperidine rings is 1. The molecule has 0 radical (unpaired) electrons. The van der Waals surface area contributed by atoms with Gasteiger partial charge in [0.05, 0.1) is 6.33 Å². The molecule has 1 fully saturated rings. The number of aromatic amines is 1. The molecule has 0 aromatic carbocycles. The van der Waals surface area contributed by atoms with Crippen molar-refractivity contribution in [3.63, 3.8) is 0 Å². The third-order valence-corrected chi connectivity index (χ3v) is 4.28. The van der Waals surface area contributed by atoms with Crippen LogP contribution in [0.3, 0.4) is 0 Å². The number of hydrogen-bond donors (Lipinski definition) is 1. The Hall–Kier alpha value is -1.62. The Morgan fingerprint density at radius 3 is 2.89 bits per heavy atom. The Morgan fingerprint density at radius 1 is 1.37 bits per heavy atom. The van der Waals surface area contributed by atoms with Gasteiger partial charge < -0.3 is 14.5 Å². The molecule has 0 aliphatic carbocycles. The summed E-state index contributed by atoms with van der Waals surface area (Å²) in [7, 11) is 2.20. The van der Waals surface area contributed by atoms with Gasteiger partial charge in [0.25, 0.3) is 0 Å². The minimum Gasteiger partial charge on any atom is -0.348 e. The fraction of sp³-hybridized carbons (Fsp3) is 0.571. The summed E-state index contributed by atoms with van der Waals surface area (Å²) in [6, 6.07) is 1.15. The molecule has 0 amide bonds. The van der Waals surface area contributed by atoms with Crippen molar-refractivity contribution < 1.29 is 0 Å². The van der Waals surface area contributed by atoms with Gasteiger partial charge >= 0.3 is 0 Å². The van der Waals surface area contributed by atoms with Gasteiger partial charge in [-0.05, 0) is 33.7 Å². The number of likely N-dealkylation sites (tertiary alicyclic amines) is 1. The first-order chi connectivity index (χ1) is 9.16. The largest absolute Gasteiger partial charge is 0.348 e. The van der Waals surface area contributed by atoms with Gasteiger partial charge in [-0.2, -0.15) is 0 Å². The summed E-state index contributed by atoms with van der Waals surface area (Å²) in [5.74, 6) is 0.987. The zero-order valence-electron chi connectivity index (χ0n) is 11.8. The van der Waals surface area contributed by atoms with Crippen molar-refractivity contribution in [2.75, 3.05) is 13.6 Å². The number of aromatic nitrogens is 4. The van der Waals surface area contributed by atoms with Crippen LogP contribution in [0.25, 0.3) is 11.5 Å². The maximum Gasteiger partial charge on any atom is 0.160 e. The molecular formula is C14H21N5. The molecule has 5 heteroatoms. The lowest BCUT2D eigenvalue weighted by Crippen LogP contribution is -2.38. The Morgan fingerprint density at radius 2 is 2.21 bits per heavy atom. The highest BCUT2D eigenvalue weighted by Gasteiger charge is 2.26. The van der Waals surface area contributed by atoms with E-state index in [-0.39, 0.29) is 0 Å². The van der Waals surface area contributed by atoms with E-state index in [0.717, 1.165) is 23.8 Å². The van der Waals surface area contributed by atoms with Crippen LogP contribution in [0, 0.1) is 6.92 Å². The van der Waals surface area contributed by atoms with Gasteiger partial charge in [-0.25, -0.2) is 9.97 Å². The van der Waals surface area contributed by atoms with E-state index in [1.54, 1.807) is 6.33 Å². The van der Waals surface area contributed by atoms with E-state index in [4.69, 9.17) is 0 Å². The molecule has 0 unspecified atom stereocenters. The van der Waals surface area contributed by atoms with Crippen LogP contribution in [0.1, 0.15) is 31.5 Å². The highest BCUT2D eigenvalue weighted by Crippen LogP contribution is 2.30. The topological polar surface area (TPSA) is 49.7 Å². The predicted octanol–water partition coefficient (Wildman–Crippen LogP) is 2.24. The maximum absolute atomic E-state index is 4.51. The zero-order valence-corrected chi connectivity index (χ0v) is 11.8. The average molecular weight is 259 g/mol. The van der Waals surface area contributed by atoms with Crippen LogP contribution in [0.4, 0.5) is 0 Å². The van der Waals surface area contributed by atoms with Crippen molar-refractivity contribution in [1.82, 2.24) is 24.4 Å². The van der Waals surface area contributed by atoms with E-state index in [2.05, 4.69) is 44.6 Å². The molecule has 19 heavy (non-hydrogen) atoms. The molecule has 1 N–H and O–H groups in total. The minimum atomic E-state index is 0.528. The van der Waals surface area contributed by atoms with E-state index >= 15 is 0 Å². The second kappa shape index (κ2) is 4.81. The van der Waals surface area contributed by atoms with Gasteiger partial charge in [0.1, 0.15) is 5.69 Å². The first-order valence-corrected chi connectivity index (χ1v) is 6.90. The first-order valence-electron chi connectivity index (χ1n) is 6.90. The van der Waals surface area contributed by atoms with Crippen molar-refractivity contribution in [3.05, 3.63) is 24.4 Å². The SMILES string of the molecule is Cc1[nH]cnc1-c1nccn1[C@@H]1CCN(C)[C@H](C)C1. The number of aryl methyl sites for hydroxylation is 1. The van der Waals surface area contributed by atoms with Crippen molar-refractivity contribution in [2.45, 2.75) is 38.8 Å². The van der Waals surface area contributed by atoms with Crippen LogP contribution in [0.15, 0.2) is 18.7 Å². The molecule has 3 heterocycles. The van der Waals surface area contributed by atoms with E-state index in [1.165, 1.54) is 12.8 Å². The summed E-state index contributed by atoms with van der Waals surface area (Å²) in [5.41, 5.74) is 2.05. The predicted molar refractivity (Wildman–Crippen MR) is 74.9 cm³/mol. The molecule has 1 saturated heterocycles. The van der Waals surface area contributed by atoms with E-state index in [1.807, 2.05) is 13.1 Å². The molecule has 0 saturated carbocycles. The summed E-state index contributed by atoms with van der Waals surface area (Å²) >= 11 is 0.